The van der Waals surface area contributed by atoms with Crippen LogP contribution < -0.4 is 0 Å². The zero-order valence-electron chi connectivity index (χ0n) is 15.9. The Morgan fingerprint density at radius 1 is 1.26 bits per heavy atom. The second kappa shape index (κ2) is 8.04. The molecule has 1 heteroatoms. The van der Waals surface area contributed by atoms with Crippen LogP contribution in [0.25, 0.3) is 0 Å². The molecule has 1 aliphatic carbocycles. The van der Waals surface area contributed by atoms with E-state index in [0.29, 0.717) is 17.8 Å². The smallest absolute Gasteiger partial charge is 0.0191 e. The van der Waals surface area contributed by atoms with E-state index in [2.05, 4.69) is 64.3 Å². The lowest BCUT2D eigenvalue weighted by molar-refractivity contribution is 0.235. The van der Waals surface area contributed by atoms with Crippen LogP contribution in [0.2, 0.25) is 0 Å². The molecule has 23 heavy (non-hydrogen) atoms. The summed E-state index contributed by atoms with van der Waals surface area (Å²) in [6.45, 7) is 18.2. The van der Waals surface area contributed by atoms with Crippen LogP contribution in [0.15, 0.2) is 47.2 Å². The van der Waals surface area contributed by atoms with Crippen molar-refractivity contribution in [3.63, 3.8) is 0 Å². The molecule has 1 nitrogen and oxygen atoms in total. The van der Waals surface area contributed by atoms with E-state index in [9.17, 15) is 0 Å². The van der Waals surface area contributed by atoms with Crippen molar-refractivity contribution in [1.82, 2.24) is 4.90 Å². The summed E-state index contributed by atoms with van der Waals surface area (Å²) in [5.41, 5.74) is 6.05. The molecule has 0 spiro atoms. The molecule has 0 radical (unpaired) electrons. The second-order valence-electron chi connectivity index (χ2n) is 7.92. The third kappa shape index (κ3) is 4.62. The zero-order chi connectivity index (χ0) is 17.0. The van der Waals surface area contributed by atoms with Gasteiger partial charge in [0.25, 0.3) is 0 Å². The Kier molecular flexibility index (Phi) is 6.33. The maximum Gasteiger partial charge on any atom is 0.0191 e. The molecule has 0 aromatic carbocycles. The minimum atomic E-state index is 0.648. The normalized spacial score (nSPS) is 22.8. The molecule has 0 saturated carbocycles. The third-order valence-electron chi connectivity index (χ3n) is 5.52. The Morgan fingerprint density at radius 2 is 1.96 bits per heavy atom. The van der Waals surface area contributed by atoms with Crippen molar-refractivity contribution in [3.8, 4) is 0 Å². The van der Waals surface area contributed by atoms with E-state index in [-0.39, 0.29) is 0 Å². The summed E-state index contributed by atoms with van der Waals surface area (Å²) >= 11 is 0. The van der Waals surface area contributed by atoms with Gasteiger partial charge in [0, 0.05) is 24.7 Å². The summed E-state index contributed by atoms with van der Waals surface area (Å²) in [5.74, 6) is 2.02. The minimum Gasteiger partial charge on any atom is -0.375 e. The van der Waals surface area contributed by atoms with Crippen LogP contribution in [0, 0.1) is 17.8 Å². The van der Waals surface area contributed by atoms with Gasteiger partial charge in [0.2, 0.25) is 0 Å². The molecule has 0 aromatic heterocycles. The highest BCUT2D eigenvalue weighted by atomic mass is 15.2. The van der Waals surface area contributed by atoms with Crippen LogP contribution in [0.5, 0.6) is 0 Å². The predicted octanol–water partition coefficient (Wildman–Crippen LogP) is 6.12. The molecule has 2 atom stereocenters. The van der Waals surface area contributed by atoms with Gasteiger partial charge in [0.05, 0.1) is 0 Å². The lowest BCUT2D eigenvalue weighted by atomic mass is 9.81. The molecule has 1 saturated heterocycles. The van der Waals surface area contributed by atoms with E-state index in [0.717, 1.165) is 6.42 Å². The molecule has 1 heterocycles. The van der Waals surface area contributed by atoms with Gasteiger partial charge in [-0.25, -0.2) is 0 Å². The first kappa shape index (κ1) is 18.1. The van der Waals surface area contributed by atoms with Gasteiger partial charge in [-0.05, 0) is 56.9 Å². The van der Waals surface area contributed by atoms with E-state index >= 15 is 0 Å². The van der Waals surface area contributed by atoms with Gasteiger partial charge < -0.3 is 4.90 Å². The lowest BCUT2D eigenvalue weighted by Gasteiger charge is -2.36. The molecular weight excluding hydrogens is 278 g/mol. The Morgan fingerprint density at radius 3 is 2.48 bits per heavy atom. The fourth-order valence-corrected chi connectivity index (χ4v) is 3.80. The first-order valence-corrected chi connectivity index (χ1v) is 9.36. The van der Waals surface area contributed by atoms with Gasteiger partial charge in [-0.3, -0.25) is 0 Å². The van der Waals surface area contributed by atoms with Crippen molar-refractivity contribution in [2.24, 2.45) is 17.8 Å². The first-order valence-electron chi connectivity index (χ1n) is 9.36. The molecule has 2 unspecified atom stereocenters. The average molecular weight is 314 g/mol. The average Bonchev–Trinajstić information content (AvgIpc) is 2.90. The highest BCUT2D eigenvalue weighted by molar-refractivity contribution is 5.30. The molecule has 0 aromatic rings. The van der Waals surface area contributed by atoms with Gasteiger partial charge in [0.1, 0.15) is 0 Å². The van der Waals surface area contributed by atoms with Crippen LogP contribution in [0.1, 0.15) is 60.3 Å². The van der Waals surface area contributed by atoms with E-state index in [1.165, 1.54) is 43.6 Å². The third-order valence-corrected chi connectivity index (χ3v) is 5.52. The Labute approximate surface area is 143 Å². The van der Waals surface area contributed by atoms with E-state index in [1.807, 2.05) is 0 Å². The SMILES string of the molecule is C=C(C)C/C(CCC(C)C1=CC=CC1C(C)C)=C(\C)N1CCC1. The van der Waals surface area contributed by atoms with Crippen molar-refractivity contribution in [2.75, 3.05) is 13.1 Å². The fraction of sp³-hybridized carbons (Fsp3) is 0.636. The molecule has 1 aliphatic heterocycles. The second-order valence-corrected chi connectivity index (χ2v) is 7.92. The van der Waals surface area contributed by atoms with Gasteiger partial charge in [0.15, 0.2) is 0 Å². The minimum absolute atomic E-state index is 0.648. The van der Waals surface area contributed by atoms with Gasteiger partial charge >= 0.3 is 0 Å². The molecule has 1 fully saturated rings. The van der Waals surface area contributed by atoms with Gasteiger partial charge in [-0.1, -0.05) is 56.7 Å². The fourth-order valence-electron chi connectivity index (χ4n) is 3.80. The lowest BCUT2D eigenvalue weighted by Crippen LogP contribution is -2.36. The Bertz CT molecular complexity index is 514. The molecule has 2 aliphatic rings. The summed E-state index contributed by atoms with van der Waals surface area (Å²) in [7, 11) is 0. The summed E-state index contributed by atoms with van der Waals surface area (Å²) in [6, 6.07) is 0. The Hall–Kier alpha value is -1.24. The summed E-state index contributed by atoms with van der Waals surface area (Å²) in [4.78, 5) is 2.54. The quantitative estimate of drug-likeness (QED) is 0.488. The maximum absolute atomic E-state index is 4.15. The summed E-state index contributed by atoms with van der Waals surface area (Å²) in [5, 5.41) is 0. The van der Waals surface area contributed by atoms with E-state index in [1.54, 1.807) is 11.1 Å². The molecule has 0 amide bonds. The van der Waals surface area contributed by atoms with Crippen molar-refractivity contribution in [3.05, 3.63) is 47.2 Å². The van der Waals surface area contributed by atoms with Crippen molar-refractivity contribution in [2.45, 2.75) is 60.3 Å². The van der Waals surface area contributed by atoms with Crippen molar-refractivity contribution >= 4 is 0 Å². The number of allylic oxidation sites excluding steroid dienone is 7. The molecule has 0 bridgehead atoms. The summed E-state index contributed by atoms with van der Waals surface area (Å²) < 4.78 is 0. The molecule has 2 rings (SSSR count). The number of hydrogen-bond donors (Lipinski definition) is 0. The monoisotopic (exact) mass is 313 g/mol. The molecule has 128 valence electrons. The van der Waals surface area contributed by atoms with E-state index in [4.69, 9.17) is 0 Å². The number of nitrogens with zero attached hydrogens (tertiary/aromatic N) is 1. The molecule has 0 N–H and O–H groups in total. The number of likely N-dealkylation sites (tertiary alicyclic amines) is 1. The van der Waals surface area contributed by atoms with Gasteiger partial charge in [-0.15, -0.1) is 0 Å². The van der Waals surface area contributed by atoms with Gasteiger partial charge in [-0.2, -0.15) is 0 Å². The van der Waals surface area contributed by atoms with Crippen LogP contribution in [-0.4, -0.2) is 18.0 Å². The number of hydrogen-bond acceptors (Lipinski definition) is 1. The van der Waals surface area contributed by atoms with Crippen LogP contribution in [0.3, 0.4) is 0 Å². The van der Waals surface area contributed by atoms with Crippen molar-refractivity contribution < 1.29 is 0 Å². The number of rotatable bonds is 8. The highest BCUT2D eigenvalue weighted by Gasteiger charge is 2.23. The standard InChI is InChI=1S/C22H35N/c1-16(2)15-20(19(6)23-13-8-14-23)12-11-18(5)22-10-7-9-21(22)17(3)4/h7,9-10,17-18,21H,1,8,11-15H2,2-6H3/b20-19+. The largest absolute Gasteiger partial charge is 0.375 e. The highest BCUT2D eigenvalue weighted by Crippen LogP contribution is 2.35. The van der Waals surface area contributed by atoms with Crippen molar-refractivity contribution in [1.29, 1.82) is 0 Å². The maximum atomic E-state index is 4.15. The molecular formula is C22H35N. The predicted molar refractivity (Wildman–Crippen MR) is 102 cm³/mol. The van der Waals surface area contributed by atoms with Crippen LogP contribution in [0.4, 0.5) is 0 Å². The zero-order valence-corrected chi connectivity index (χ0v) is 15.9. The topological polar surface area (TPSA) is 3.24 Å². The first-order chi connectivity index (χ1) is 10.9. The van der Waals surface area contributed by atoms with Crippen LogP contribution in [-0.2, 0) is 0 Å². The Balaban J connectivity index is 1.99. The van der Waals surface area contributed by atoms with E-state index < -0.39 is 0 Å². The van der Waals surface area contributed by atoms with Crippen LogP contribution >= 0.6 is 0 Å². The summed E-state index contributed by atoms with van der Waals surface area (Å²) in [6.07, 6.45) is 11.9.